The molecule has 0 saturated carbocycles. The van der Waals surface area contributed by atoms with Gasteiger partial charge in [-0.3, -0.25) is 4.98 Å². The van der Waals surface area contributed by atoms with Gasteiger partial charge in [-0.05, 0) is 25.5 Å². The molecule has 1 rings (SSSR count). The quantitative estimate of drug-likeness (QED) is 0.680. The molecular formula is C10H13NO. The predicted octanol–water partition coefficient (Wildman–Crippen LogP) is 2.56. The van der Waals surface area contributed by atoms with Gasteiger partial charge in [-0.2, -0.15) is 0 Å². The van der Waals surface area contributed by atoms with E-state index >= 15 is 0 Å². The number of nitrogens with zero attached hydrogens (tertiary/aromatic N) is 1. The molecule has 0 bridgehead atoms. The Hall–Kier alpha value is -1.31. The van der Waals surface area contributed by atoms with Gasteiger partial charge < -0.3 is 5.11 Å². The van der Waals surface area contributed by atoms with Crippen molar-refractivity contribution < 1.29 is 5.11 Å². The number of aromatic nitrogens is 1. The first-order chi connectivity index (χ1) is 5.77. The molecule has 0 unspecified atom stereocenters. The zero-order chi connectivity index (χ0) is 8.97. The van der Waals surface area contributed by atoms with E-state index in [1.807, 2.05) is 25.1 Å². The molecule has 2 heteroatoms. The highest BCUT2D eigenvalue weighted by atomic mass is 16.2. The van der Waals surface area contributed by atoms with Crippen LogP contribution < -0.4 is 0 Å². The summed E-state index contributed by atoms with van der Waals surface area (Å²) in [5.74, 6) is 0. The molecule has 12 heavy (non-hydrogen) atoms. The van der Waals surface area contributed by atoms with Crippen molar-refractivity contribution in [3.8, 4) is 0 Å². The zero-order valence-corrected chi connectivity index (χ0v) is 7.41. The molecule has 2 nitrogen and oxygen atoms in total. The molecule has 0 aromatic carbocycles. The first-order valence-electron chi connectivity index (χ1n) is 4.05. The summed E-state index contributed by atoms with van der Waals surface area (Å²) in [6.45, 7) is 3.89. The van der Waals surface area contributed by atoms with Gasteiger partial charge in [0.15, 0.2) is 0 Å². The summed E-state index contributed by atoms with van der Waals surface area (Å²) in [4.78, 5) is 4.33. The van der Waals surface area contributed by atoms with Crippen molar-refractivity contribution >= 4 is 5.57 Å². The van der Waals surface area contributed by atoms with E-state index in [-0.39, 0.29) is 0 Å². The van der Waals surface area contributed by atoms with E-state index in [0.29, 0.717) is 0 Å². The number of hydrogen-bond acceptors (Lipinski definition) is 2. The van der Waals surface area contributed by atoms with Crippen LogP contribution in [-0.2, 0) is 6.42 Å². The third-order valence-electron chi connectivity index (χ3n) is 1.77. The molecule has 1 heterocycles. The lowest BCUT2D eigenvalue weighted by Crippen LogP contribution is -1.91. The van der Waals surface area contributed by atoms with Crippen molar-refractivity contribution in [2.24, 2.45) is 0 Å². The molecule has 0 amide bonds. The summed E-state index contributed by atoms with van der Waals surface area (Å²) >= 11 is 0. The lowest BCUT2D eigenvalue weighted by Gasteiger charge is -2.00. The number of allylic oxidation sites excluding steroid dienone is 1. The highest BCUT2D eigenvalue weighted by Gasteiger charge is 1.97. The van der Waals surface area contributed by atoms with Crippen LogP contribution in [0.15, 0.2) is 24.5 Å². The number of aryl methyl sites for hydroxylation is 1. The van der Waals surface area contributed by atoms with Crippen molar-refractivity contribution in [1.82, 2.24) is 4.98 Å². The average Bonchev–Trinajstić information content (AvgIpc) is 2.17. The fourth-order valence-corrected chi connectivity index (χ4v) is 0.962. The lowest BCUT2D eigenvalue weighted by atomic mass is 10.2. The van der Waals surface area contributed by atoms with Gasteiger partial charge in [-0.15, -0.1) is 0 Å². The Morgan fingerprint density at radius 3 is 2.92 bits per heavy atom. The van der Waals surface area contributed by atoms with Gasteiger partial charge in [0.25, 0.3) is 0 Å². The molecule has 1 N–H and O–H groups in total. The van der Waals surface area contributed by atoms with Gasteiger partial charge in [-0.25, -0.2) is 0 Å². The van der Waals surface area contributed by atoms with Gasteiger partial charge in [0, 0.05) is 11.3 Å². The van der Waals surface area contributed by atoms with Crippen molar-refractivity contribution in [1.29, 1.82) is 0 Å². The minimum atomic E-state index is 0.797. The summed E-state index contributed by atoms with van der Waals surface area (Å²) in [6, 6.07) is 5.82. The maximum atomic E-state index is 8.75. The van der Waals surface area contributed by atoms with E-state index < -0.39 is 0 Å². The molecule has 0 aliphatic rings. The molecule has 0 spiro atoms. The van der Waals surface area contributed by atoms with Crippen LogP contribution in [0.25, 0.3) is 5.57 Å². The molecule has 0 aliphatic carbocycles. The Bertz CT molecular complexity index is 292. The Balaban J connectivity index is 3.02. The first kappa shape index (κ1) is 8.78. The summed E-state index contributed by atoms with van der Waals surface area (Å²) in [5.41, 5.74) is 2.69. The molecule has 0 radical (unpaired) electrons. The number of rotatable bonds is 2. The van der Waals surface area contributed by atoms with E-state index in [4.69, 9.17) is 5.11 Å². The van der Waals surface area contributed by atoms with Crippen LogP contribution >= 0.6 is 0 Å². The van der Waals surface area contributed by atoms with E-state index in [9.17, 15) is 0 Å². The molecule has 1 aromatic heterocycles. The van der Waals surface area contributed by atoms with E-state index in [1.54, 1.807) is 0 Å². The SMILES string of the molecule is CCc1cccc(/C(C)=C/O)n1. The fourth-order valence-electron chi connectivity index (χ4n) is 0.962. The third-order valence-corrected chi connectivity index (χ3v) is 1.77. The minimum Gasteiger partial charge on any atom is -0.515 e. The van der Waals surface area contributed by atoms with Gasteiger partial charge in [-0.1, -0.05) is 13.0 Å². The second kappa shape index (κ2) is 3.90. The standard InChI is InChI=1S/C10H13NO/c1-3-9-5-4-6-10(11-9)8(2)7-12/h4-7,12H,3H2,1-2H3/b8-7+. The summed E-state index contributed by atoms with van der Waals surface area (Å²) in [6.07, 6.45) is 2.01. The molecule has 64 valence electrons. The molecule has 0 atom stereocenters. The minimum absolute atomic E-state index is 0.797. The van der Waals surface area contributed by atoms with E-state index in [2.05, 4.69) is 11.9 Å². The molecule has 0 fully saturated rings. The molecule has 0 aliphatic heterocycles. The Morgan fingerprint density at radius 1 is 1.58 bits per heavy atom. The van der Waals surface area contributed by atoms with Gasteiger partial charge >= 0.3 is 0 Å². The normalized spacial score (nSPS) is 11.7. The van der Waals surface area contributed by atoms with Crippen LogP contribution in [0.4, 0.5) is 0 Å². The number of pyridine rings is 1. The Morgan fingerprint density at radius 2 is 2.33 bits per heavy atom. The first-order valence-corrected chi connectivity index (χ1v) is 4.05. The van der Waals surface area contributed by atoms with Gasteiger partial charge in [0.1, 0.15) is 0 Å². The summed E-state index contributed by atoms with van der Waals surface area (Å²) < 4.78 is 0. The summed E-state index contributed by atoms with van der Waals surface area (Å²) in [5, 5.41) is 8.75. The molecule has 0 saturated heterocycles. The highest BCUT2D eigenvalue weighted by Crippen LogP contribution is 2.10. The lowest BCUT2D eigenvalue weighted by molar-refractivity contribution is 0.475. The Kier molecular flexibility index (Phi) is 2.86. The number of aliphatic hydroxyl groups excluding tert-OH is 1. The molecule has 1 aromatic rings. The topological polar surface area (TPSA) is 33.1 Å². The van der Waals surface area contributed by atoms with Crippen molar-refractivity contribution in [3.05, 3.63) is 35.8 Å². The largest absolute Gasteiger partial charge is 0.515 e. The number of hydrogen-bond donors (Lipinski definition) is 1. The van der Waals surface area contributed by atoms with Crippen LogP contribution in [0.5, 0.6) is 0 Å². The van der Waals surface area contributed by atoms with Crippen molar-refractivity contribution in [2.45, 2.75) is 20.3 Å². The maximum absolute atomic E-state index is 8.75. The average molecular weight is 163 g/mol. The summed E-state index contributed by atoms with van der Waals surface area (Å²) in [7, 11) is 0. The Labute approximate surface area is 72.6 Å². The van der Waals surface area contributed by atoms with Crippen LogP contribution in [0.1, 0.15) is 25.2 Å². The second-order valence-electron chi connectivity index (χ2n) is 2.68. The van der Waals surface area contributed by atoms with Crippen LogP contribution in [0.2, 0.25) is 0 Å². The van der Waals surface area contributed by atoms with E-state index in [0.717, 1.165) is 29.6 Å². The van der Waals surface area contributed by atoms with Crippen molar-refractivity contribution in [3.63, 3.8) is 0 Å². The van der Waals surface area contributed by atoms with Crippen LogP contribution in [0.3, 0.4) is 0 Å². The van der Waals surface area contributed by atoms with E-state index in [1.165, 1.54) is 0 Å². The van der Waals surface area contributed by atoms with Crippen molar-refractivity contribution in [2.75, 3.05) is 0 Å². The van der Waals surface area contributed by atoms with Gasteiger partial charge in [0.05, 0.1) is 12.0 Å². The predicted molar refractivity (Wildman–Crippen MR) is 49.9 cm³/mol. The smallest absolute Gasteiger partial charge is 0.0842 e. The molecular weight excluding hydrogens is 150 g/mol. The zero-order valence-electron chi connectivity index (χ0n) is 7.41. The number of aliphatic hydroxyl groups is 1. The van der Waals surface area contributed by atoms with Crippen LogP contribution in [0, 0.1) is 0 Å². The maximum Gasteiger partial charge on any atom is 0.0842 e. The second-order valence-corrected chi connectivity index (χ2v) is 2.68. The van der Waals surface area contributed by atoms with Crippen LogP contribution in [-0.4, -0.2) is 10.1 Å². The van der Waals surface area contributed by atoms with Gasteiger partial charge in [0.2, 0.25) is 0 Å². The fraction of sp³-hybridized carbons (Fsp3) is 0.300. The highest BCUT2D eigenvalue weighted by molar-refractivity contribution is 5.58. The monoisotopic (exact) mass is 163 g/mol. The third kappa shape index (κ3) is 1.84.